The molecule has 0 N–H and O–H groups in total. The van der Waals surface area contributed by atoms with Crippen LogP contribution in [-0.4, -0.2) is 9.97 Å². The quantitative estimate of drug-likeness (QED) is 0.121. The zero-order chi connectivity index (χ0) is 65.7. The van der Waals surface area contributed by atoms with Crippen LogP contribution in [0.3, 0.4) is 0 Å². The van der Waals surface area contributed by atoms with Crippen LogP contribution in [0, 0.1) is 22.7 Å². The molecule has 0 saturated heterocycles. The van der Waals surface area contributed by atoms with Gasteiger partial charge in [-0.15, -0.1) is 0 Å². The van der Waals surface area contributed by atoms with Gasteiger partial charge in [-0.1, -0.05) is 315 Å². The predicted molar refractivity (Wildman–Crippen MR) is 408 cm³/mol. The molecule has 0 aliphatic rings. The smallest absolute Gasteiger partial charge is 0.0991 e. The molecule has 4 heteroatoms. The molecular formula is C94H60N4. The van der Waals surface area contributed by atoms with Crippen molar-refractivity contribution in [2.24, 2.45) is 0 Å². The number of fused-ring (bicyclic) bond motifs is 6. The van der Waals surface area contributed by atoms with E-state index in [0.717, 1.165) is 99.4 Å². The van der Waals surface area contributed by atoms with Crippen LogP contribution < -0.4 is 0 Å². The molecule has 0 atom stereocenters. The Kier molecular flexibility index (Phi) is 16.2. The first-order chi connectivity index (χ1) is 48.5. The molecule has 0 saturated carbocycles. The maximum absolute atomic E-state index is 9.62. The van der Waals surface area contributed by atoms with E-state index in [4.69, 9.17) is 9.97 Å². The van der Waals surface area contributed by atoms with E-state index in [9.17, 15) is 10.5 Å². The monoisotopic (exact) mass is 1240 g/mol. The second-order valence-electron chi connectivity index (χ2n) is 24.6. The van der Waals surface area contributed by atoms with Crippen molar-refractivity contribution in [1.82, 2.24) is 9.97 Å². The van der Waals surface area contributed by atoms with Gasteiger partial charge in [-0.25, -0.2) is 9.97 Å². The summed E-state index contributed by atoms with van der Waals surface area (Å²) in [6.45, 7) is 0. The van der Waals surface area contributed by atoms with E-state index in [1.54, 1.807) is 0 Å². The summed E-state index contributed by atoms with van der Waals surface area (Å²) < 4.78 is 0. The fourth-order valence-electron chi connectivity index (χ4n) is 13.6. The summed E-state index contributed by atoms with van der Waals surface area (Å²) >= 11 is 0. The topological polar surface area (TPSA) is 73.4 Å². The van der Waals surface area contributed by atoms with Gasteiger partial charge in [-0.2, -0.15) is 10.5 Å². The van der Waals surface area contributed by atoms with Crippen molar-refractivity contribution in [1.29, 1.82) is 10.5 Å². The first kappa shape index (κ1) is 59.6. The van der Waals surface area contributed by atoms with E-state index >= 15 is 0 Å². The first-order valence-corrected chi connectivity index (χ1v) is 32.9. The highest BCUT2D eigenvalue weighted by molar-refractivity contribution is 6.18. The highest BCUT2D eigenvalue weighted by atomic mass is 14.7. The molecule has 17 rings (SSSR count). The lowest BCUT2D eigenvalue weighted by Crippen LogP contribution is -1.94. The van der Waals surface area contributed by atoms with Crippen LogP contribution >= 0.6 is 0 Å². The molecular weight excluding hydrogens is 1190 g/mol. The van der Waals surface area contributed by atoms with Gasteiger partial charge in [-0.05, 0) is 159 Å². The van der Waals surface area contributed by atoms with Gasteiger partial charge in [-0.3, -0.25) is 0 Å². The molecule has 2 heterocycles. The van der Waals surface area contributed by atoms with Gasteiger partial charge in [0.05, 0.1) is 45.7 Å². The van der Waals surface area contributed by atoms with E-state index in [2.05, 4.69) is 315 Å². The minimum atomic E-state index is 0.618. The largest absolute Gasteiger partial charge is 0.247 e. The van der Waals surface area contributed by atoms with E-state index in [1.165, 1.54) is 66.6 Å². The van der Waals surface area contributed by atoms with Gasteiger partial charge >= 0.3 is 0 Å². The first-order valence-electron chi connectivity index (χ1n) is 32.9. The number of pyridine rings is 2. The van der Waals surface area contributed by atoms with Crippen molar-refractivity contribution in [3.05, 3.63) is 375 Å². The number of hydrogen-bond donors (Lipinski definition) is 0. The summed E-state index contributed by atoms with van der Waals surface area (Å²) in [5.41, 5.74) is 27.9. The molecule has 0 aliphatic heterocycles. The van der Waals surface area contributed by atoms with Crippen molar-refractivity contribution in [2.45, 2.75) is 0 Å². The molecule has 0 amide bonds. The average Bonchev–Trinajstić information content (AvgIpc) is 0.748. The lowest BCUT2D eigenvalue weighted by atomic mass is 9.90. The summed E-state index contributed by atoms with van der Waals surface area (Å²) in [7, 11) is 0. The number of aromatic nitrogens is 2. The van der Waals surface area contributed by atoms with Gasteiger partial charge < -0.3 is 0 Å². The second kappa shape index (κ2) is 26.6. The molecule has 0 aliphatic carbocycles. The lowest BCUT2D eigenvalue weighted by Gasteiger charge is -2.16. The minimum Gasteiger partial charge on any atom is -0.247 e. The summed E-state index contributed by atoms with van der Waals surface area (Å²) in [6.07, 6.45) is 0. The molecule has 0 fully saturated rings. The zero-order valence-corrected chi connectivity index (χ0v) is 53.4. The molecule has 98 heavy (non-hydrogen) atoms. The number of rotatable bonds is 11. The Morgan fingerprint density at radius 1 is 0.173 bits per heavy atom. The van der Waals surface area contributed by atoms with Gasteiger partial charge in [0.15, 0.2) is 0 Å². The summed E-state index contributed by atoms with van der Waals surface area (Å²) in [5, 5.41) is 25.6. The molecule has 0 unspecified atom stereocenters. The Hall–Kier alpha value is -13.4. The molecule has 0 bridgehead atoms. The van der Waals surface area contributed by atoms with Gasteiger partial charge in [0.25, 0.3) is 0 Å². The molecule has 17 aromatic rings. The number of hydrogen-bond acceptors (Lipinski definition) is 4. The second-order valence-corrected chi connectivity index (χ2v) is 24.6. The normalized spacial score (nSPS) is 11.0. The highest BCUT2D eigenvalue weighted by Crippen LogP contribution is 2.44. The molecule has 456 valence electrons. The third kappa shape index (κ3) is 11.9. The summed E-state index contributed by atoms with van der Waals surface area (Å²) in [6, 6.07) is 132. The summed E-state index contributed by atoms with van der Waals surface area (Å²) in [5.74, 6) is 0. The predicted octanol–water partition coefficient (Wildman–Crippen LogP) is 24.9. The van der Waals surface area contributed by atoms with E-state index in [1.807, 2.05) is 60.7 Å². The molecule has 2 aromatic heterocycles. The fraction of sp³-hybridized carbons (Fsp3) is 0. The Morgan fingerprint density at radius 2 is 0.429 bits per heavy atom. The number of nitriles is 2. The van der Waals surface area contributed by atoms with Crippen LogP contribution in [0.5, 0.6) is 0 Å². The van der Waals surface area contributed by atoms with Crippen LogP contribution in [0.1, 0.15) is 11.1 Å². The van der Waals surface area contributed by atoms with Crippen molar-refractivity contribution in [3.63, 3.8) is 0 Å². The zero-order valence-electron chi connectivity index (χ0n) is 53.4. The SMILES string of the molecule is N#Cc1ccc(-c2ccc(-c3cc(-c4ccc(-c5ccccc5)cc4)c4cc(-c5ccc(-c6ccccc6)cc5)c5ccccc5c4n3)cc2)cc1.N#Cc1cccc(-c2cc(-c3ccc(-c4ccccc4)cc3)c3cc(-c4ccc(-c5ccccc5)cc4)c4ccccc4c3n2)c1. The Bertz CT molecular complexity index is 5840. The molecule has 0 spiro atoms. The average molecular weight is 1250 g/mol. The van der Waals surface area contributed by atoms with Gasteiger partial charge in [0.2, 0.25) is 0 Å². The van der Waals surface area contributed by atoms with Crippen molar-refractivity contribution in [3.8, 4) is 135 Å². The lowest BCUT2D eigenvalue weighted by molar-refractivity contribution is 1.40. The van der Waals surface area contributed by atoms with Crippen LogP contribution in [0.2, 0.25) is 0 Å². The summed E-state index contributed by atoms with van der Waals surface area (Å²) in [4.78, 5) is 10.7. The Morgan fingerprint density at radius 3 is 0.765 bits per heavy atom. The Labute approximate surface area is 570 Å². The highest BCUT2D eigenvalue weighted by Gasteiger charge is 2.20. The third-order valence-electron chi connectivity index (χ3n) is 18.7. The molecule has 4 nitrogen and oxygen atoms in total. The fourth-order valence-corrected chi connectivity index (χ4v) is 13.6. The maximum atomic E-state index is 9.62. The van der Waals surface area contributed by atoms with Crippen molar-refractivity contribution < 1.29 is 0 Å². The number of benzene rings is 15. The van der Waals surface area contributed by atoms with E-state index in [0.29, 0.717) is 11.1 Å². The van der Waals surface area contributed by atoms with Gasteiger partial charge in [0, 0.05) is 32.7 Å². The Balaban J connectivity index is 0.000000154. The molecule has 0 radical (unpaired) electrons. The number of nitrogens with zero attached hydrogens (tertiary/aromatic N) is 4. The maximum Gasteiger partial charge on any atom is 0.0991 e. The van der Waals surface area contributed by atoms with Crippen LogP contribution in [0.15, 0.2) is 364 Å². The molecule has 15 aromatic carbocycles. The van der Waals surface area contributed by atoms with E-state index < -0.39 is 0 Å². The van der Waals surface area contributed by atoms with Crippen LogP contribution in [0.4, 0.5) is 0 Å². The van der Waals surface area contributed by atoms with Crippen molar-refractivity contribution in [2.75, 3.05) is 0 Å². The third-order valence-corrected chi connectivity index (χ3v) is 18.7. The van der Waals surface area contributed by atoms with Gasteiger partial charge in [0.1, 0.15) is 0 Å². The standard InChI is InChI=1S/C50H32N2.C44H28N2/c51-33-34-15-17-37(18-16-34)40-23-29-43(30-24-40)49-32-47(42-27-21-39(22-28-42)36-11-5-2-6-12-36)48-31-46(44-13-7-8-14-45(44)50(48)52-49)41-25-19-38(20-26-41)35-9-3-1-4-10-35;45-29-30-10-9-15-37(26-30)43-28-41(36-24-20-34(21-25-36)32-13-5-2-6-14-32)42-27-40(38-16-7-8-17-39(38)44(42)46-43)35-22-18-33(19-23-35)31-11-3-1-4-12-31/h1-32H;1-28H. The van der Waals surface area contributed by atoms with Crippen LogP contribution in [-0.2, 0) is 0 Å². The van der Waals surface area contributed by atoms with E-state index in [-0.39, 0.29) is 0 Å². The minimum absolute atomic E-state index is 0.618. The van der Waals surface area contributed by atoms with Crippen molar-refractivity contribution >= 4 is 43.4 Å². The van der Waals surface area contributed by atoms with Crippen LogP contribution in [0.25, 0.3) is 166 Å².